The summed E-state index contributed by atoms with van der Waals surface area (Å²) in [6.45, 7) is 16.2. The average Bonchev–Trinajstić information content (AvgIpc) is 3.26. The summed E-state index contributed by atoms with van der Waals surface area (Å²) >= 11 is 0. The van der Waals surface area contributed by atoms with Gasteiger partial charge in [-0.25, -0.2) is 4.79 Å². The lowest BCUT2D eigenvalue weighted by atomic mass is 9.45. The fourth-order valence-electron chi connectivity index (χ4n) is 7.04. The molecule has 2 unspecified atom stereocenters. The van der Waals surface area contributed by atoms with Crippen molar-refractivity contribution in [1.82, 2.24) is 0 Å². The Kier molecular flexibility index (Phi) is 9.88. The lowest BCUT2D eigenvalue weighted by Gasteiger charge is -2.60. The number of ether oxygens (including phenoxy) is 5. The van der Waals surface area contributed by atoms with Gasteiger partial charge in [-0.2, -0.15) is 0 Å². The normalized spacial score (nSPS) is 32.9. The highest BCUT2D eigenvalue weighted by atomic mass is 16.8. The molecular weight excluding hydrogens is 564 g/mol. The van der Waals surface area contributed by atoms with Gasteiger partial charge in [-0.1, -0.05) is 70.2 Å². The summed E-state index contributed by atoms with van der Waals surface area (Å²) in [5, 5.41) is 0. The van der Waals surface area contributed by atoms with Crippen molar-refractivity contribution >= 4 is 23.9 Å². The molecule has 1 saturated heterocycles. The SMILES string of the molecule is C=C/C(C)=C/C[C@]1(C)[C@H](C)C[C@H](OC(=O)c2ccccc2)[C@@]23C(=C[C@H](OC(=O)C(C)C)C[C@@H]12)C(OC(C)=O)OC3OC(C)=O. The number of hydrogen-bond donors (Lipinski definition) is 0. The Balaban J connectivity index is 1.96. The van der Waals surface area contributed by atoms with Gasteiger partial charge in [0.1, 0.15) is 17.6 Å². The second kappa shape index (κ2) is 13.1. The topological polar surface area (TPSA) is 114 Å². The van der Waals surface area contributed by atoms with Crippen LogP contribution >= 0.6 is 0 Å². The van der Waals surface area contributed by atoms with E-state index in [1.165, 1.54) is 13.8 Å². The predicted molar refractivity (Wildman–Crippen MR) is 162 cm³/mol. The van der Waals surface area contributed by atoms with E-state index in [1.807, 2.05) is 13.0 Å². The molecule has 0 N–H and O–H groups in total. The van der Waals surface area contributed by atoms with Crippen LogP contribution in [-0.2, 0) is 38.1 Å². The number of carbonyl (C=O) groups excluding carboxylic acids is 4. The molecule has 2 aliphatic carbocycles. The van der Waals surface area contributed by atoms with E-state index < -0.39 is 59.4 Å². The van der Waals surface area contributed by atoms with Crippen LogP contribution in [0, 0.1) is 28.6 Å². The maximum absolute atomic E-state index is 13.6. The van der Waals surface area contributed by atoms with Crippen LogP contribution in [0.25, 0.3) is 0 Å². The van der Waals surface area contributed by atoms with Gasteiger partial charge >= 0.3 is 23.9 Å². The van der Waals surface area contributed by atoms with E-state index in [9.17, 15) is 19.2 Å². The highest BCUT2D eigenvalue weighted by molar-refractivity contribution is 5.89. The Bertz CT molecular complexity index is 1340. The maximum Gasteiger partial charge on any atom is 0.338 e. The quantitative estimate of drug-likeness (QED) is 0.142. The second-order valence-electron chi connectivity index (χ2n) is 12.8. The molecule has 0 radical (unpaired) electrons. The molecule has 1 aromatic rings. The van der Waals surface area contributed by atoms with Crippen LogP contribution < -0.4 is 0 Å². The lowest BCUT2D eigenvalue weighted by molar-refractivity contribution is -0.253. The molecule has 9 nitrogen and oxygen atoms in total. The number of allylic oxidation sites excluding steroid dienone is 3. The third-order valence-electron chi connectivity index (χ3n) is 9.55. The summed E-state index contributed by atoms with van der Waals surface area (Å²) in [6.07, 6.45) is 2.99. The van der Waals surface area contributed by atoms with E-state index in [4.69, 9.17) is 23.7 Å². The van der Waals surface area contributed by atoms with E-state index in [0.29, 0.717) is 30.4 Å². The van der Waals surface area contributed by atoms with Gasteiger partial charge in [-0.05, 0) is 61.6 Å². The van der Waals surface area contributed by atoms with Crippen molar-refractivity contribution < 1.29 is 42.9 Å². The Labute approximate surface area is 259 Å². The zero-order valence-corrected chi connectivity index (χ0v) is 26.7. The first-order chi connectivity index (χ1) is 20.7. The number of esters is 4. The molecule has 0 aromatic heterocycles. The molecule has 1 aromatic carbocycles. The summed E-state index contributed by atoms with van der Waals surface area (Å²) in [6, 6.07) is 8.66. The standard InChI is InChI=1S/C35H44O9/c1-9-21(4)15-16-34(8)22(5)17-29(43-31(39)25-13-11-10-12-14-25)35-27(18-26(19-28(34)35)42-30(38)20(2)3)32(40-23(6)36)44-33(35)41-24(7)37/h9-15,18,20,22,26,28-29,32-33H,1,16-17,19H2,2-8H3/b21-15+/t22-,26+,28+,29+,32?,33?,34-,35-/m1/s1. The molecule has 4 rings (SSSR count). The molecular formula is C35H44O9. The minimum absolute atomic E-state index is 0.00730. The van der Waals surface area contributed by atoms with Crippen LogP contribution in [0.4, 0.5) is 0 Å². The average molecular weight is 609 g/mol. The first-order valence-corrected chi connectivity index (χ1v) is 15.2. The van der Waals surface area contributed by atoms with Crippen LogP contribution in [0.15, 0.2) is 66.3 Å². The number of carbonyl (C=O) groups is 4. The predicted octanol–water partition coefficient (Wildman–Crippen LogP) is 6.09. The molecule has 1 aliphatic heterocycles. The van der Waals surface area contributed by atoms with Gasteiger partial charge in [0, 0.05) is 19.4 Å². The smallest absolute Gasteiger partial charge is 0.338 e. The second-order valence-corrected chi connectivity index (χ2v) is 12.8. The van der Waals surface area contributed by atoms with Gasteiger partial charge in [0.25, 0.3) is 0 Å². The third-order valence-corrected chi connectivity index (χ3v) is 9.55. The van der Waals surface area contributed by atoms with E-state index in [1.54, 1.807) is 50.3 Å². The van der Waals surface area contributed by atoms with Crippen molar-refractivity contribution in [2.24, 2.45) is 28.6 Å². The minimum atomic E-state index is -1.25. The van der Waals surface area contributed by atoms with Crippen LogP contribution in [0.5, 0.6) is 0 Å². The molecule has 0 amide bonds. The van der Waals surface area contributed by atoms with Crippen LogP contribution in [-0.4, -0.2) is 48.7 Å². The summed E-state index contributed by atoms with van der Waals surface area (Å²) in [5.74, 6) is -2.90. The Hall–Kier alpha value is -3.72. The number of benzene rings is 1. The van der Waals surface area contributed by atoms with Crippen molar-refractivity contribution in [3.8, 4) is 0 Å². The van der Waals surface area contributed by atoms with Gasteiger partial charge in [0.05, 0.1) is 11.5 Å². The van der Waals surface area contributed by atoms with Crippen LogP contribution in [0.1, 0.15) is 78.1 Å². The number of rotatable bonds is 9. The summed E-state index contributed by atoms with van der Waals surface area (Å²) in [7, 11) is 0. The van der Waals surface area contributed by atoms with Gasteiger partial charge in [0.2, 0.25) is 12.6 Å². The van der Waals surface area contributed by atoms with Gasteiger partial charge < -0.3 is 18.9 Å². The van der Waals surface area contributed by atoms with Crippen LogP contribution in [0.2, 0.25) is 0 Å². The molecule has 1 heterocycles. The highest BCUT2D eigenvalue weighted by Crippen LogP contribution is 2.68. The Morgan fingerprint density at radius 2 is 1.66 bits per heavy atom. The fourth-order valence-corrected chi connectivity index (χ4v) is 7.04. The van der Waals surface area contributed by atoms with Gasteiger partial charge in [0.15, 0.2) is 0 Å². The van der Waals surface area contributed by atoms with E-state index in [-0.39, 0.29) is 17.8 Å². The molecule has 8 atom stereocenters. The van der Waals surface area contributed by atoms with Gasteiger partial charge in [-0.15, -0.1) is 0 Å². The fraction of sp³-hybridized carbons (Fsp3) is 0.543. The lowest BCUT2D eigenvalue weighted by Crippen LogP contribution is -2.64. The van der Waals surface area contributed by atoms with Crippen molar-refractivity contribution in [2.75, 3.05) is 0 Å². The van der Waals surface area contributed by atoms with Crippen molar-refractivity contribution in [1.29, 1.82) is 0 Å². The van der Waals surface area contributed by atoms with E-state index in [2.05, 4.69) is 26.5 Å². The van der Waals surface area contributed by atoms with E-state index >= 15 is 0 Å². The highest BCUT2D eigenvalue weighted by Gasteiger charge is 2.72. The van der Waals surface area contributed by atoms with E-state index in [0.717, 1.165) is 5.57 Å². The summed E-state index contributed by atoms with van der Waals surface area (Å²) in [5.41, 5.74) is 0.0975. The van der Waals surface area contributed by atoms with Gasteiger partial charge in [-0.3, -0.25) is 19.1 Å². The summed E-state index contributed by atoms with van der Waals surface area (Å²) in [4.78, 5) is 51.3. The Morgan fingerprint density at radius 1 is 1.00 bits per heavy atom. The molecule has 44 heavy (non-hydrogen) atoms. The zero-order valence-electron chi connectivity index (χ0n) is 26.7. The largest absolute Gasteiger partial charge is 0.458 e. The molecule has 1 saturated carbocycles. The first-order valence-electron chi connectivity index (χ1n) is 15.2. The number of hydrogen-bond acceptors (Lipinski definition) is 9. The Morgan fingerprint density at radius 3 is 2.25 bits per heavy atom. The molecule has 0 bridgehead atoms. The zero-order chi connectivity index (χ0) is 32.4. The molecule has 2 fully saturated rings. The molecule has 1 spiro atoms. The third kappa shape index (κ3) is 6.25. The minimum Gasteiger partial charge on any atom is -0.458 e. The first kappa shape index (κ1) is 33.2. The van der Waals surface area contributed by atoms with Crippen molar-refractivity contribution in [2.45, 2.75) is 92.5 Å². The molecule has 238 valence electrons. The van der Waals surface area contributed by atoms with Crippen molar-refractivity contribution in [3.63, 3.8) is 0 Å². The van der Waals surface area contributed by atoms with Crippen LogP contribution in [0.3, 0.4) is 0 Å². The van der Waals surface area contributed by atoms with Crippen molar-refractivity contribution in [3.05, 3.63) is 71.8 Å². The molecule has 9 heteroatoms. The molecule has 3 aliphatic rings. The maximum atomic E-state index is 13.6. The monoisotopic (exact) mass is 608 g/mol. The summed E-state index contributed by atoms with van der Waals surface area (Å²) < 4.78 is 30.1.